The van der Waals surface area contributed by atoms with Crippen molar-refractivity contribution in [1.29, 1.82) is 0 Å². The maximum atomic E-state index is 13.1. The van der Waals surface area contributed by atoms with Crippen molar-refractivity contribution in [1.82, 2.24) is 5.16 Å². The molecule has 3 aromatic rings. The van der Waals surface area contributed by atoms with E-state index in [1.807, 2.05) is 6.07 Å². The van der Waals surface area contributed by atoms with E-state index in [-0.39, 0.29) is 17.2 Å². The standard InChI is InChI=1S/C23H19BrN2O6/c1-12-9-18(25-32-12)26-20(13-5-4-6-15(24)10-13)19(22(28)23(26)29)21(27)14-7-8-16(30-2)17(11-14)31-3/h4-11,20,27H,1-3H3/t20-/m1/s1. The molecule has 1 N–H and O–H groups in total. The van der Waals surface area contributed by atoms with Crippen LogP contribution in [0.4, 0.5) is 5.82 Å². The molecule has 1 atom stereocenters. The third-order valence-electron chi connectivity index (χ3n) is 5.13. The van der Waals surface area contributed by atoms with E-state index in [2.05, 4.69) is 21.1 Å². The molecule has 1 amide bonds. The molecule has 0 aliphatic carbocycles. The van der Waals surface area contributed by atoms with Gasteiger partial charge in [-0.1, -0.05) is 33.2 Å². The molecule has 8 nitrogen and oxygen atoms in total. The Labute approximate surface area is 192 Å². The molecule has 4 rings (SSSR count). The number of aliphatic hydroxyl groups is 1. The largest absolute Gasteiger partial charge is 0.507 e. The van der Waals surface area contributed by atoms with E-state index in [9.17, 15) is 14.7 Å². The van der Waals surface area contributed by atoms with Crippen LogP contribution in [0.2, 0.25) is 0 Å². The second-order valence-electron chi connectivity index (χ2n) is 7.09. The molecular formula is C23H19BrN2O6. The molecule has 1 saturated heterocycles. The second kappa shape index (κ2) is 8.51. The summed E-state index contributed by atoms with van der Waals surface area (Å²) in [5.41, 5.74) is 0.846. The van der Waals surface area contributed by atoms with Crippen molar-refractivity contribution >= 4 is 39.2 Å². The molecule has 0 saturated carbocycles. The molecule has 9 heteroatoms. The Morgan fingerprint density at radius 2 is 1.84 bits per heavy atom. The average molecular weight is 499 g/mol. The third-order valence-corrected chi connectivity index (χ3v) is 5.62. The number of methoxy groups -OCH3 is 2. The van der Waals surface area contributed by atoms with Crippen LogP contribution < -0.4 is 14.4 Å². The number of halogens is 1. The Balaban J connectivity index is 1.94. The van der Waals surface area contributed by atoms with Crippen molar-refractivity contribution in [3.8, 4) is 11.5 Å². The van der Waals surface area contributed by atoms with E-state index in [4.69, 9.17) is 14.0 Å². The van der Waals surface area contributed by atoms with Crippen LogP contribution >= 0.6 is 15.9 Å². The molecule has 0 unspecified atom stereocenters. The summed E-state index contributed by atoms with van der Waals surface area (Å²) in [6.07, 6.45) is 0. The lowest BCUT2D eigenvalue weighted by Crippen LogP contribution is -2.29. The molecule has 1 aliphatic rings. The van der Waals surface area contributed by atoms with Crippen LogP contribution in [0.3, 0.4) is 0 Å². The van der Waals surface area contributed by atoms with Crippen LogP contribution in [-0.2, 0) is 9.59 Å². The minimum Gasteiger partial charge on any atom is -0.507 e. The predicted octanol–water partition coefficient (Wildman–Crippen LogP) is 4.39. The molecule has 1 fully saturated rings. The van der Waals surface area contributed by atoms with Crippen molar-refractivity contribution < 1.29 is 28.7 Å². The highest BCUT2D eigenvalue weighted by molar-refractivity contribution is 9.10. The SMILES string of the molecule is COc1ccc(C(O)=C2C(=O)C(=O)N(c3cc(C)on3)[C@@H]2c2cccc(Br)c2)cc1OC. The second-order valence-corrected chi connectivity index (χ2v) is 8.01. The summed E-state index contributed by atoms with van der Waals surface area (Å²) in [6, 6.07) is 12.5. The number of Topliss-reactive ketones (excluding diaryl/α,β-unsaturated/α-hetero) is 1. The summed E-state index contributed by atoms with van der Waals surface area (Å²) < 4.78 is 16.4. The quantitative estimate of drug-likeness (QED) is 0.316. The summed E-state index contributed by atoms with van der Waals surface area (Å²) in [7, 11) is 2.96. The van der Waals surface area contributed by atoms with E-state index < -0.39 is 17.7 Å². The number of nitrogens with zero attached hydrogens (tertiary/aromatic N) is 2. The normalized spacial score (nSPS) is 17.6. The van der Waals surface area contributed by atoms with Gasteiger partial charge < -0.3 is 19.1 Å². The van der Waals surface area contributed by atoms with Crippen molar-refractivity contribution in [2.45, 2.75) is 13.0 Å². The van der Waals surface area contributed by atoms with E-state index in [0.717, 1.165) is 4.47 Å². The molecule has 0 bridgehead atoms. The number of carbonyl (C=O) groups is 2. The number of hydrogen-bond donors (Lipinski definition) is 1. The van der Waals surface area contributed by atoms with Crippen molar-refractivity contribution in [3.63, 3.8) is 0 Å². The van der Waals surface area contributed by atoms with Gasteiger partial charge in [-0.15, -0.1) is 0 Å². The first kappa shape index (κ1) is 21.6. The minimum absolute atomic E-state index is 0.0685. The van der Waals surface area contributed by atoms with E-state index in [0.29, 0.717) is 28.4 Å². The van der Waals surface area contributed by atoms with Crippen LogP contribution in [0.15, 0.2) is 63.1 Å². The maximum Gasteiger partial charge on any atom is 0.301 e. The topological polar surface area (TPSA) is 102 Å². The van der Waals surface area contributed by atoms with Gasteiger partial charge in [-0.05, 0) is 42.8 Å². The van der Waals surface area contributed by atoms with Gasteiger partial charge in [0.1, 0.15) is 11.5 Å². The number of benzene rings is 2. The molecule has 0 spiro atoms. The highest BCUT2D eigenvalue weighted by atomic mass is 79.9. The number of carbonyl (C=O) groups excluding carboxylic acids is 2. The zero-order valence-electron chi connectivity index (χ0n) is 17.5. The monoisotopic (exact) mass is 498 g/mol. The molecule has 2 heterocycles. The molecule has 1 aliphatic heterocycles. The summed E-state index contributed by atoms with van der Waals surface area (Å²) >= 11 is 3.42. The van der Waals surface area contributed by atoms with Gasteiger partial charge in [0.25, 0.3) is 5.78 Å². The van der Waals surface area contributed by atoms with Crippen LogP contribution in [0, 0.1) is 6.92 Å². The van der Waals surface area contributed by atoms with Crippen molar-refractivity contribution in [2.75, 3.05) is 19.1 Å². The molecule has 2 aromatic carbocycles. The number of hydrogen-bond acceptors (Lipinski definition) is 7. The summed E-state index contributed by atoms with van der Waals surface area (Å²) in [4.78, 5) is 27.4. The first-order chi connectivity index (χ1) is 15.3. The Bertz CT molecular complexity index is 1250. The number of aliphatic hydroxyl groups excluding tert-OH is 1. The maximum absolute atomic E-state index is 13.1. The highest BCUT2D eigenvalue weighted by Crippen LogP contribution is 2.43. The van der Waals surface area contributed by atoms with E-state index in [1.165, 1.54) is 19.1 Å². The predicted molar refractivity (Wildman–Crippen MR) is 120 cm³/mol. The average Bonchev–Trinajstić information content (AvgIpc) is 3.33. The summed E-state index contributed by atoms with van der Waals surface area (Å²) in [5, 5.41) is 15.1. The number of aryl methyl sites for hydroxylation is 1. The van der Waals surface area contributed by atoms with Gasteiger partial charge in [-0.25, -0.2) is 0 Å². The molecule has 0 radical (unpaired) electrons. The zero-order valence-corrected chi connectivity index (χ0v) is 19.0. The fraction of sp³-hybridized carbons (Fsp3) is 0.174. The number of rotatable bonds is 5. The van der Waals surface area contributed by atoms with Gasteiger partial charge in [0, 0.05) is 16.1 Å². The van der Waals surface area contributed by atoms with Crippen LogP contribution in [0.1, 0.15) is 22.9 Å². The van der Waals surface area contributed by atoms with E-state index >= 15 is 0 Å². The molecule has 1 aromatic heterocycles. The number of amides is 1. The van der Waals surface area contributed by atoms with Crippen molar-refractivity contribution in [2.24, 2.45) is 0 Å². The fourth-order valence-electron chi connectivity index (χ4n) is 3.67. The number of ether oxygens (including phenoxy) is 2. The molecular weight excluding hydrogens is 480 g/mol. The van der Waals surface area contributed by atoms with Crippen LogP contribution in [0.5, 0.6) is 11.5 Å². The van der Waals surface area contributed by atoms with Gasteiger partial charge >= 0.3 is 5.91 Å². The van der Waals surface area contributed by atoms with Crippen LogP contribution in [0.25, 0.3) is 5.76 Å². The fourth-order valence-corrected chi connectivity index (χ4v) is 4.08. The highest BCUT2D eigenvalue weighted by Gasteiger charge is 2.48. The third kappa shape index (κ3) is 3.64. The van der Waals surface area contributed by atoms with Gasteiger partial charge in [-0.3, -0.25) is 14.5 Å². The smallest absolute Gasteiger partial charge is 0.301 e. The van der Waals surface area contributed by atoms with Gasteiger partial charge in [0.2, 0.25) is 0 Å². The number of aromatic nitrogens is 1. The lowest BCUT2D eigenvalue weighted by Gasteiger charge is -2.23. The first-order valence-electron chi connectivity index (χ1n) is 9.58. The lowest BCUT2D eigenvalue weighted by molar-refractivity contribution is -0.132. The summed E-state index contributed by atoms with van der Waals surface area (Å²) in [6.45, 7) is 1.69. The zero-order chi connectivity index (χ0) is 23.0. The lowest BCUT2D eigenvalue weighted by atomic mass is 9.95. The Kier molecular flexibility index (Phi) is 5.75. The van der Waals surface area contributed by atoms with Gasteiger partial charge in [-0.2, -0.15) is 0 Å². The Hall–Kier alpha value is -3.59. The number of anilines is 1. The van der Waals surface area contributed by atoms with Gasteiger partial charge in [0.15, 0.2) is 17.3 Å². The van der Waals surface area contributed by atoms with Crippen LogP contribution in [-0.4, -0.2) is 36.2 Å². The molecule has 32 heavy (non-hydrogen) atoms. The Morgan fingerprint density at radius 3 is 2.47 bits per heavy atom. The molecule has 164 valence electrons. The number of ketones is 1. The minimum atomic E-state index is -0.912. The Morgan fingerprint density at radius 1 is 1.09 bits per heavy atom. The van der Waals surface area contributed by atoms with Crippen molar-refractivity contribution in [3.05, 3.63) is 75.5 Å². The van der Waals surface area contributed by atoms with E-state index in [1.54, 1.807) is 49.4 Å². The first-order valence-corrected chi connectivity index (χ1v) is 10.4. The van der Waals surface area contributed by atoms with Gasteiger partial charge in [0.05, 0.1) is 25.8 Å². The summed E-state index contributed by atoms with van der Waals surface area (Å²) in [5.74, 6) is -0.482.